The van der Waals surface area contributed by atoms with Crippen molar-refractivity contribution < 1.29 is 30.6 Å². The van der Waals surface area contributed by atoms with Gasteiger partial charge in [0.05, 0.1) is 15.0 Å². The molecule has 1 unspecified atom stereocenters. The molecule has 1 amide bonds. The van der Waals surface area contributed by atoms with Crippen LogP contribution in [0.4, 0.5) is 13.2 Å². The number of benzene rings is 1. The summed E-state index contributed by atoms with van der Waals surface area (Å²) in [5.74, 6) is -1.82. The molecule has 1 atom stereocenters. The Morgan fingerprint density at radius 1 is 1.14 bits per heavy atom. The minimum Gasteiger partial charge on any atom is -0.335 e. The number of carbonyl (C=O) groups is 1. The highest BCUT2D eigenvalue weighted by Gasteiger charge is 2.44. The predicted octanol–water partition coefficient (Wildman–Crippen LogP) is 3.80. The van der Waals surface area contributed by atoms with Gasteiger partial charge in [-0.05, 0) is 31.9 Å². The van der Waals surface area contributed by atoms with E-state index < -0.39 is 30.1 Å². The van der Waals surface area contributed by atoms with Crippen molar-refractivity contribution in [2.75, 3.05) is 19.6 Å². The Labute approximate surface area is 171 Å². The van der Waals surface area contributed by atoms with Crippen molar-refractivity contribution in [1.82, 2.24) is 4.90 Å². The van der Waals surface area contributed by atoms with Crippen LogP contribution < -0.4 is 0 Å². The Balaban J connectivity index is 0.000000696. The molecule has 1 fully saturated rings. The van der Waals surface area contributed by atoms with E-state index in [2.05, 4.69) is 25.7 Å². The average Bonchev–Trinajstić information content (AvgIpc) is 2.60. The molecule has 0 N–H and O–H groups in total. The van der Waals surface area contributed by atoms with Gasteiger partial charge < -0.3 is 4.90 Å². The first-order valence-corrected chi connectivity index (χ1v) is 12.8. The zero-order valence-electron chi connectivity index (χ0n) is 14.7. The minimum absolute atomic E-state index is 0.0495. The molecule has 1 aromatic rings. The SMILES string of the molecule is CCN=S(=O)(c1ccccc1)C1CCN(C(=O)C(F)(F)F)CC1.O=S(=O)(Cl)Cl. The van der Waals surface area contributed by atoms with Crippen LogP contribution in [0.25, 0.3) is 0 Å². The Bertz CT molecular complexity index is 870. The fourth-order valence-electron chi connectivity index (χ4n) is 2.74. The molecule has 1 aliphatic rings. The second-order valence-electron chi connectivity index (χ2n) is 5.69. The number of carbonyl (C=O) groups excluding carboxylic acids is 1. The summed E-state index contributed by atoms with van der Waals surface area (Å²) in [5, 5.41) is -0.345. The lowest BCUT2D eigenvalue weighted by atomic mass is 10.1. The maximum atomic E-state index is 13.3. The second-order valence-corrected chi connectivity index (χ2v) is 11.9. The van der Waals surface area contributed by atoms with Crippen LogP contribution in [0.1, 0.15) is 19.8 Å². The van der Waals surface area contributed by atoms with Crippen molar-refractivity contribution in [2.45, 2.75) is 36.1 Å². The number of alkyl halides is 3. The highest BCUT2D eigenvalue weighted by atomic mass is 36.0. The fraction of sp³-hybridized carbons (Fsp3) is 0.533. The Kier molecular flexibility index (Phi) is 9.04. The van der Waals surface area contributed by atoms with Crippen LogP contribution in [0.2, 0.25) is 0 Å². The topological polar surface area (TPSA) is 83.9 Å². The Morgan fingerprint density at radius 3 is 2.00 bits per heavy atom. The van der Waals surface area contributed by atoms with Crippen LogP contribution in [0, 0.1) is 0 Å². The number of rotatable bonds is 3. The van der Waals surface area contributed by atoms with Gasteiger partial charge in [0.2, 0.25) is 0 Å². The van der Waals surface area contributed by atoms with Crippen molar-refractivity contribution in [1.29, 1.82) is 0 Å². The van der Waals surface area contributed by atoms with Gasteiger partial charge >= 0.3 is 20.3 Å². The molecule has 1 aromatic carbocycles. The van der Waals surface area contributed by atoms with Gasteiger partial charge in [0.1, 0.15) is 0 Å². The number of piperidine rings is 1. The van der Waals surface area contributed by atoms with E-state index in [1.54, 1.807) is 37.3 Å². The monoisotopic (exact) mass is 482 g/mol. The maximum Gasteiger partial charge on any atom is 0.471 e. The molecule has 13 heteroatoms. The molecular formula is C15H19Cl2F3N2O4S2. The summed E-state index contributed by atoms with van der Waals surface area (Å²) in [6, 6.07) is 8.80. The number of hydrogen-bond donors (Lipinski definition) is 0. The molecule has 0 aromatic heterocycles. The zero-order chi connectivity index (χ0) is 21.6. The van der Waals surface area contributed by atoms with Crippen molar-refractivity contribution >= 4 is 45.3 Å². The second kappa shape index (κ2) is 10.1. The van der Waals surface area contributed by atoms with Crippen LogP contribution in [0.3, 0.4) is 0 Å². The summed E-state index contributed by atoms with van der Waals surface area (Å²) in [7, 11) is 2.11. The van der Waals surface area contributed by atoms with Crippen LogP contribution in [-0.2, 0) is 22.8 Å². The molecule has 1 aliphatic heterocycles. The number of likely N-dealkylation sites (tertiary alicyclic amines) is 1. The van der Waals surface area contributed by atoms with Gasteiger partial charge in [0.25, 0.3) is 0 Å². The first-order valence-electron chi connectivity index (χ1n) is 8.06. The first-order chi connectivity index (χ1) is 12.8. The summed E-state index contributed by atoms with van der Waals surface area (Å²) in [6.45, 7) is 2.05. The van der Waals surface area contributed by atoms with E-state index >= 15 is 0 Å². The number of amides is 1. The van der Waals surface area contributed by atoms with Gasteiger partial charge in [-0.3, -0.25) is 4.79 Å². The highest BCUT2D eigenvalue weighted by Crippen LogP contribution is 2.29. The van der Waals surface area contributed by atoms with E-state index in [4.69, 9.17) is 8.42 Å². The third-order valence-electron chi connectivity index (χ3n) is 3.83. The van der Waals surface area contributed by atoms with Crippen molar-refractivity contribution in [3.05, 3.63) is 30.3 Å². The maximum absolute atomic E-state index is 13.3. The lowest BCUT2D eigenvalue weighted by Gasteiger charge is -2.33. The van der Waals surface area contributed by atoms with Gasteiger partial charge in [0, 0.05) is 45.9 Å². The summed E-state index contributed by atoms with van der Waals surface area (Å²) < 4.78 is 73.4. The molecule has 0 spiro atoms. The van der Waals surface area contributed by atoms with Crippen LogP contribution in [0.15, 0.2) is 39.6 Å². The molecule has 160 valence electrons. The normalized spacial score (nSPS) is 17.9. The lowest BCUT2D eigenvalue weighted by Crippen LogP contribution is -2.47. The number of hydrogen-bond acceptors (Lipinski definition) is 5. The number of nitrogens with zero attached hydrogens (tertiary/aromatic N) is 2. The predicted molar refractivity (Wildman–Crippen MR) is 102 cm³/mol. The van der Waals surface area contributed by atoms with E-state index in [9.17, 15) is 22.2 Å². The van der Waals surface area contributed by atoms with E-state index in [1.165, 1.54) is 0 Å². The quantitative estimate of drug-likeness (QED) is 0.613. The lowest BCUT2D eigenvalue weighted by molar-refractivity contribution is -0.186. The van der Waals surface area contributed by atoms with E-state index in [0.29, 0.717) is 11.4 Å². The standard InChI is InChI=1S/C15H19F3N2O2S.Cl2O2S/c1-2-19-23(22,12-6-4-3-5-7-12)13-8-10-20(11-9-13)14(21)15(16,17)18;1-5(2,3)4/h3-7,13H,2,8-11H2,1H3;. The van der Waals surface area contributed by atoms with Gasteiger partial charge in [0.15, 0.2) is 0 Å². The van der Waals surface area contributed by atoms with Crippen LogP contribution in [0.5, 0.6) is 0 Å². The molecule has 1 saturated heterocycles. The van der Waals surface area contributed by atoms with Crippen LogP contribution >= 0.6 is 21.4 Å². The largest absolute Gasteiger partial charge is 0.471 e. The summed E-state index contributed by atoms with van der Waals surface area (Å²) in [4.78, 5) is 12.7. The molecule has 6 nitrogen and oxygen atoms in total. The molecule has 28 heavy (non-hydrogen) atoms. The van der Waals surface area contributed by atoms with Crippen molar-refractivity contribution in [3.8, 4) is 0 Å². The molecule has 0 radical (unpaired) electrons. The summed E-state index contributed by atoms with van der Waals surface area (Å²) in [6.07, 6.45) is -4.36. The van der Waals surface area contributed by atoms with Crippen molar-refractivity contribution in [2.24, 2.45) is 4.36 Å². The van der Waals surface area contributed by atoms with Gasteiger partial charge in [-0.1, -0.05) is 18.2 Å². The van der Waals surface area contributed by atoms with Gasteiger partial charge in [-0.25, -0.2) is 8.57 Å². The van der Waals surface area contributed by atoms with Gasteiger partial charge in [-0.2, -0.15) is 21.6 Å². The van der Waals surface area contributed by atoms with E-state index in [0.717, 1.165) is 4.90 Å². The molecular weight excluding hydrogens is 464 g/mol. The smallest absolute Gasteiger partial charge is 0.335 e. The Morgan fingerprint density at radius 2 is 1.61 bits per heavy atom. The third kappa shape index (κ3) is 7.76. The van der Waals surface area contributed by atoms with Crippen LogP contribution in [-0.4, -0.2) is 54.5 Å². The third-order valence-corrected chi connectivity index (χ3v) is 6.79. The van der Waals surface area contributed by atoms with E-state index in [-0.39, 0.29) is 31.2 Å². The first kappa shape index (κ1) is 25.0. The molecule has 1 heterocycles. The molecule has 0 aliphatic carbocycles. The fourth-order valence-corrected chi connectivity index (χ4v) is 5.26. The minimum atomic E-state index is -4.86. The summed E-state index contributed by atoms with van der Waals surface area (Å²) >= 11 is 0. The highest BCUT2D eigenvalue weighted by molar-refractivity contribution is 8.31. The summed E-state index contributed by atoms with van der Waals surface area (Å²) in [5.41, 5.74) is 0. The molecule has 0 saturated carbocycles. The van der Waals surface area contributed by atoms with Crippen molar-refractivity contribution in [3.63, 3.8) is 0 Å². The molecule has 2 rings (SSSR count). The van der Waals surface area contributed by atoms with E-state index in [1.807, 2.05) is 0 Å². The number of halogens is 5. The Hall–Kier alpha value is -1.04. The van der Waals surface area contributed by atoms with Gasteiger partial charge in [-0.15, -0.1) is 0 Å². The zero-order valence-corrected chi connectivity index (χ0v) is 17.9. The molecule has 0 bridgehead atoms. The average molecular weight is 483 g/mol.